The van der Waals surface area contributed by atoms with Gasteiger partial charge in [-0.15, -0.1) is 0 Å². The number of fused-ring (bicyclic) bond motifs is 3. The Bertz CT molecular complexity index is 857. The highest BCUT2D eigenvalue weighted by Crippen LogP contribution is 2.31. The third-order valence-electron chi connectivity index (χ3n) is 3.40. The van der Waals surface area contributed by atoms with Crippen LogP contribution < -0.4 is 0 Å². The van der Waals surface area contributed by atoms with Crippen molar-refractivity contribution in [3.63, 3.8) is 0 Å². The Labute approximate surface area is 111 Å². The molecule has 1 heteroatoms. The molecule has 3 aromatic carbocycles. The minimum absolute atomic E-state index is 0.931. The zero-order valence-electron chi connectivity index (χ0n) is 10.3. The molecule has 0 saturated carbocycles. The van der Waals surface area contributed by atoms with E-state index in [4.69, 9.17) is 4.42 Å². The maximum absolute atomic E-state index is 5.83. The number of benzene rings is 3. The van der Waals surface area contributed by atoms with Crippen molar-refractivity contribution in [3.05, 3.63) is 72.8 Å². The van der Waals surface area contributed by atoms with E-state index in [1.54, 1.807) is 0 Å². The molecule has 0 spiro atoms. The zero-order valence-corrected chi connectivity index (χ0v) is 10.3. The highest BCUT2D eigenvalue weighted by Gasteiger charge is 2.07. The lowest BCUT2D eigenvalue weighted by atomic mass is 10.0. The number of rotatable bonds is 1. The minimum Gasteiger partial charge on any atom is -0.456 e. The summed E-state index contributed by atoms with van der Waals surface area (Å²) in [6.07, 6.45) is 0. The topological polar surface area (TPSA) is 13.1 Å². The van der Waals surface area contributed by atoms with E-state index < -0.39 is 0 Å². The van der Waals surface area contributed by atoms with Crippen LogP contribution in [0.25, 0.3) is 33.1 Å². The molecular weight excluding hydrogens is 232 g/mol. The van der Waals surface area contributed by atoms with Gasteiger partial charge in [0.25, 0.3) is 0 Å². The summed E-state index contributed by atoms with van der Waals surface area (Å²) in [5.74, 6) is 0. The first-order valence-electron chi connectivity index (χ1n) is 6.30. The standard InChI is InChI=1S/C18H11O/c1-2-6-13(7-3-1)14-10-11-18-16(12-14)15-8-4-5-9-17(15)19-18/h1-6,8-12H. The van der Waals surface area contributed by atoms with Crippen molar-refractivity contribution >= 4 is 21.9 Å². The molecule has 0 aliphatic carbocycles. The Morgan fingerprint density at radius 2 is 1.58 bits per heavy atom. The highest BCUT2D eigenvalue weighted by molar-refractivity contribution is 6.06. The predicted octanol–water partition coefficient (Wildman–Crippen LogP) is 5.05. The molecule has 1 aromatic heterocycles. The molecule has 0 saturated heterocycles. The molecule has 0 aliphatic heterocycles. The van der Waals surface area contributed by atoms with Gasteiger partial charge >= 0.3 is 0 Å². The van der Waals surface area contributed by atoms with Crippen molar-refractivity contribution < 1.29 is 4.42 Å². The summed E-state index contributed by atoms with van der Waals surface area (Å²) in [4.78, 5) is 0. The summed E-state index contributed by atoms with van der Waals surface area (Å²) >= 11 is 0. The Balaban J connectivity index is 2.03. The van der Waals surface area contributed by atoms with E-state index in [0.717, 1.165) is 27.5 Å². The summed E-state index contributed by atoms with van der Waals surface area (Å²) in [5, 5.41) is 2.32. The monoisotopic (exact) mass is 243 g/mol. The number of para-hydroxylation sites is 1. The lowest BCUT2D eigenvalue weighted by molar-refractivity contribution is 0.669. The fraction of sp³-hybridized carbons (Fsp3) is 0. The molecule has 0 fully saturated rings. The van der Waals surface area contributed by atoms with Crippen LogP contribution in [0.5, 0.6) is 0 Å². The van der Waals surface area contributed by atoms with Gasteiger partial charge in [-0.05, 0) is 35.4 Å². The summed E-state index contributed by atoms with van der Waals surface area (Å²) < 4.78 is 5.83. The second kappa shape index (κ2) is 3.99. The molecule has 89 valence electrons. The average molecular weight is 243 g/mol. The SMILES string of the molecule is [c]1ccccc1-c1ccc2oc3ccccc3c2c1. The molecule has 0 N–H and O–H groups in total. The quantitative estimate of drug-likeness (QED) is 0.455. The summed E-state index contributed by atoms with van der Waals surface area (Å²) in [5.41, 5.74) is 4.14. The zero-order chi connectivity index (χ0) is 12.7. The van der Waals surface area contributed by atoms with Gasteiger partial charge in [0.2, 0.25) is 0 Å². The van der Waals surface area contributed by atoms with Gasteiger partial charge in [-0.3, -0.25) is 0 Å². The minimum atomic E-state index is 0.931. The fourth-order valence-electron chi connectivity index (χ4n) is 2.47. The maximum Gasteiger partial charge on any atom is 0.135 e. The van der Waals surface area contributed by atoms with Crippen molar-refractivity contribution in [1.82, 2.24) is 0 Å². The molecule has 4 rings (SSSR count). The van der Waals surface area contributed by atoms with Gasteiger partial charge in [-0.1, -0.05) is 48.5 Å². The maximum atomic E-state index is 5.83. The van der Waals surface area contributed by atoms with Gasteiger partial charge < -0.3 is 4.42 Å². The van der Waals surface area contributed by atoms with Crippen molar-refractivity contribution in [3.8, 4) is 11.1 Å². The van der Waals surface area contributed by atoms with Crippen molar-refractivity contribution in [2.75, 3.05) is 0 Å². The Morgan fingerprint density at radius 3 is 2.47 bits per heavy atom. The molecule has 0 unspecified atom stereocenters. The lowest BCUT2D eigenvalue weighted by Crippen LogP contribution is -1.76. The first-order valence-corrected chi connectivity index (χ1v) is 6.30. The smallest absolute Gasteiger partial charge is 0.135 e. The fourth-order valence-corrected chi connectivity index (χ4v) is 2.47. The van der Waals surface area contributed by atoms with E-state index in [0.29, 0.717) is 0 Å². The second-order valence-corrected chi connectivity index (χ2v) is 4.59. The predicted molar refractivity (Wildman–Crippen MR) is 78.0 cm³/mol. The first kappa shape index (κ1) is 10.4. The van der Waals surface area contributed by atoms with Crippen LogP contribution in [0.2, 0.25) is 0 Å². The Kier molecular flexibility index (Phi) is 2.18. The molecular formula is C18H11O. The largest absolute Gasteiger partial charge is 0.456 e. The van der Waals surface area contributed by atoms with Gasteiger partial charge in [-0.2, -0.15) is 0 Å². The summed E-state index contributed by atoms with van der Waals surface area (Å²) in [6.45, 7) is 0. The van der Waals surface area contributed by atoms with E-state index in [1.807, 2.05) is 42.5 Å². The van der Waals surface area contributed by atoms with Crippen LogP contribution >= 0.6 is 0 Å². The van der Waals surface area contributed by atoms with Gasteiger partial charge in [0.05, 0.1) is 0 Å². The summed E-state index contributed by atoms with van der Waals surface area (Å²) in [6, 6.07) is 25.7. The second-order valence-electron chi connectivity index (χ2n) is 4.59. The molecule has 1 nitrogen and oxygen atoms in total. The van der Waals surface area contributed by atoms with Crippen LogP contribution in [0, 0.1) is 6.07 Å². The van der Waals surface area contributed by atoms with Gasteiger partial charge in [0, 0.05) is 10.8 Å². The molecule has 1 radical (unpaired) electrons. The Morgan fingerprint density at radius 1 is 0.737 bits per heavy atom. The van der Waals surface area contributed by atoms with E-state index in [1.165, 1.54) is 5.56 Å². The van der Waals surface area contributed by atoms with Crippen LogP contribution in [0.3, 0.4) is 0 Å². The first-order chi connectivity index (χ1) is 9.42. The lowest BCUT2D eigenvalue weighted by Gasteiger charge is -2.00. The molecule has 19 heavy (non-hydrogen) atoms. The number of hydrogen-bond donors (Lipinski definition) is 0. The third kappa shape index (κ3) is 1.63. The normalized spacial score (nSPS) is 11.2. The molecule has 4 aromatic rings. The average Bonchev–Trinajstić information content (AvgIpc) is 2.86. The van der Waals surface area contributed by atoms with E-state index >= 15 is 0 Å². The van der Waals surface area contributed by atoms with Crippen LogP contribution in [-0.4, -0.2) is 0 Å². The molecule has 0 amide bonds. The van der Waals surface area contributed by atoms with Crippen molar-refractivity contribution in [2.45, 2.75) is 0 Å². The van der Waals surface area contributed by atoms with Crippen LogP contribution in [-0.2, 0) is 0 Å². The van der Waals surface area contributed by atoms with Crippen molar-refractivity contribution in [1.29, 1.82) is 0 Å². The van der Waals surface area contributed by atoms with Crippen LogP contribution in [0.15, 0.2) is 71.1 Å². The molecule has 1 heterocycles. The molecule has 0 atom stereocenters. The van der Waals surface area contributed by atoms with E-state index in [2.05, 4.69) is 30.3 Å². The van der Waals surface area contributed by atoms with Gasteiger partial charge in [-0.25, -0.2) is 0 Å². The summed E-state index contributed by atoms with van der Waals surface area (Å²) in [7, 11) is 0. The third-order valence-corrected chi connectivity index (χ3v) is 3.40. The van der Waals surface area contributed by atoms with Gasteiger partial charge in [0.1, 0.15) is 11.2 Å². The van der Waals surface area contributed by atoms with Crippen LogP contribution in [0.1, 0.15) is 0 Å². The highest BCUT2D eigenvalue weighted by atomic mass is 16.3. The van der Waals surface area contributed by atoms with Crippen molar-refractivity contribution in [2.24, 2.45) is 0 Å². The molecule has 0 aliphatic rings. The van der Waals surface area contributed by atoms with Crippen LogP contribution in [0.4, 0.5) is 0 Å². The number of hydrogen-bond acceptors (Lipinski definition) is 1. The van der Waals surface area contributed by atoms with E-state index in [-0.39, 0.29) is 0 Å². The number of furan rings is 1. The molecule has 0 bridgehead atoms. The van der Waals surface area contributed by atoms with E-state index in [9.17, 15) is 0 Å². The van der Waals surface area contributed by atoms with Gasteiger partial charge in [0.15, 0.2) is 0 Å². The Hall–Kier alpha value is -2.54.